The van der Waals surface area contributed by atoms with Crippen LogP contribution in [0.3, 0.4) is 0 Å². The molecule has 1 aliphatic heterocycles. The lowest BCUT2D eigenvalue weighted by atomic mass is 10.1. The summed E-state index contributed by atoms with van der Waals surface area (Å²) < 4.78 is 31.9. The van der Waals surface area contributed by atoms with Crippen LogP contribution in [0.2, 0.25) is 0 Å². The molecule has 0 saturated carbocycles. The van der Waals surface area contributed by atoms with Crippen LogP contribution in [0.15, 0.2) is 42.5 Å². The minimum absolute atomic E-state index is 0.150. The van der Waals surface area contributed by atoms with Crippen molar-refractivity contribution in [2.75, 3.05) is 32.8 Å². The van der Waals surface area contributed by atoms with Crippen LogP contribution in [0.1, 0.15) is 15.9 Å². The maximum atomic E-state index is 13.7. The quantitative estimate of drug-likeness (QED) is 0.827. The van der Waals surface area contributed by atoms with Gasteiger partial charge in [-0.15, -0.1) is 0 Å². The molecular weight excluding hydrogens is 354 g/mol. The van der Waals surface area contributed by atoms with E-state index in [-0.39, 0.29) is 24.2 Å². The maximum Gasteiger partial charge on any atom is 0.260 e. The van der Waals surface area contributed by atoms with E-state index < -0.39 is 5.82 Å². The molecule has 2 amide bonds. The third kappa shape index (κ3) is 4.61. The number of halogens is 2. The first-order chi connectivity index (χ1) is 12.9. The molecule has 2 aromatic carbocycles. The average Bonchev–Trinajstić information content (AvgIpc) is 2.69. The van der Waals surface area contributed by atoms with E-state index in [1.807, 2.05) is 0 Å². The molecule has 1 fully saturated rings. The highest BCUT2D eigenvalue weighted by molar-refractivity contribution is 5.94. The van der Waals surface area contributed by atoms with Crippen molar-refractivity contribution in [1.82, 2.24) is 9.80 Å². The molecule has 0 atom stereocenters. The van der Waals surface area contributed by atoms with Crippen molar-refractivity contribution in [3.63, 3.8) is 0 Å². The average molecular weight is 374 g/mol. The molecule has 5 nitrogen and oxygen atoms in total. The van der Waals surface area contributed by atoms with Gasteiger partial charge in [-0.2, -0.15) is 0 Å². The van der Waals surface area contributed by atoms with Crippen molar-refractivity contribution in [2.45, 2.75) is 6.92 Å². The minimum atomic E-state index is -0.410. The van der Waals surface area contributed by atoms with Crippen LogP contribution < -0.4 is 4.74 Å². The van der Waals surface area contributed by atoms with E-state index in [9.17, 15) is 18.4 Å². The molecule has 0 radical (unpaired) electrons. The summed E-state index contributed by atoms with van der Waals surface area (Å²) in [5.74, 6) is -0.813. The van der Waals surface area contributed by atoms with Gasteiger partial charge in [-0.3, -0.25) is 9.59 Å². The third-order valence-electron chi connectivity index (χ3n) is 4.51. The Kier molecular flexibility index (Phi) is 5.69. The second-order valence-electron chi connectivity index (χ2n) is 6.38. The summed E-state index contributed by atoms with van der Waals surface area (Å²) in [7, 11) is 0. The molecule has 1 saturated heterocycles. The molecule has 1 aliphatic rings. The summed E-state index contributed by atoms with van der Waals surface area (Å²) in [6.45, 7) is 3.00. The molecule has 0 aromatic heterocycles. The van der Waals surface area contributed by atoms with Gasteiger partial charge in [0, 0.05) is 31.7 Å². The number of hydrogen-bond acceptors (Lipinski definition) is 3. The summed E-state index contributed by atoms with van der Waals surface area (Å²) in [5, 5.41) is 0. The fraction of sp³-hybridized carbons (Fsp3) is 0.300. The van der Waals surface area contributed by atoms with Crippen molar-refractivity contribution in [1.29, 1.82) is 0 Å². The Morgan fingerprint density at radius 1 is 0.963 bits per heavy atom. The number of nitrogens with zero attached hydrogens (tertiary/aromatic N) is 2. The normalized spacial score (nSPS) is 14.2. The topological polar surface area (TPSA) is 49.9 Å². The van der Waals surface area contributed by atoms with E-state index in [0.29, 0.717) is 43.1 Å². The second-order valence-corrected chi connectivity index (χ2v) is 6.38. The zero-order chi connectivity index (χ0) is 19.4. The molecular formula is C20H20F2N2O3. The second kappa shape index (κ2) is 8.16. The molecule has 0 N–H and O–H groups in total. The molecule has 142 valence electrons. The zero-order valence-corrected chi connectivity index (χ0v) is 15.0. The molecule has 0 unspecified atom stereocenters. The zero-order valence-electron chi connectivity index (χ0n) is 15.0. The SMILES string of the molecule is Cc1ccc(C(=O)N2CCN(C(=O)COc3ccc(F)cc3)CC2)cc1F. The van der Waals surface area contributed by atoms with Crippen LogP contribution in [-0.4, -0.2) is 54.4 Å². The maximum absolute atomic E-state index is 13.7. The van der Waals surface area contributed by atoms with Crippen LogP contribution in [-0.2, 0) is 4.79 Å². The van der Waals surface area contributed by atoms with Gasteiger partial charge in [0.1, 0.15) is 17.4 Å². The Morgan fingerprint density at radius 3 is 2.22 bits per heavy atom. The number of hydrogen-bond donors (Lipinski definition) is 0. The first kappa shape index (κ1) is 18.8. The van der Waals surface area contributed by atoms with Crippen molar-refractivity contribution in [2.24, 2.45) is 0 Å². The summed E-state index contributed by atoms with van der Waals surface area (Å²) in [5.41, 5.74) is 0.792. The lowest BCUT2D eigenvalue weighted by molar-refractivity contribution is -0.134. The van der Waals surface area contributed by atoms with Crippen LogP contribution in [0.5, 0.6) is 5.75 Å². The predicted octanol–water partition coefficient (Wildman–Crippen LogP) is 2.64. The van der Waals surface area contributed by atoms with Crippen molar-refractivity contribution < 1.29 is 23.1 Å². The Balaban J connectivity index is 1.50. The molecule has 2 aromatic rings. The fourth-order valence-corrected chi connectivity index (χ4v) is 2.83. The number of benzene rings is 2. The van der Waals surface area contributed by atoms with Crippen LogP contribution in [0.25, 0.3) is 0 Å². The molecule has 1 heterocycles. The van der Waals surface area contributed by atoms with Gasteiger partial charge in [0.2, 0.25) is 0 Å². The minimum Gasteiger partial charge on any atom is -0.484 e. The van der Waals surface area contributed by atoms with Gasteiger partial charge in [-0.05, 0) is 48.9 Å². The number of rotatable bonds is 4. The first-order valence-corrected chi connectivity index (χ1v) is 8.65. The number of aryl methyl sites for hydroxylation is 1. The van der Waals surface area contributed by atoms with Gasteiger partial charge in [-0.25, -0.2) is 8.78 Å². The van der Waals surface area contributed by atoms with E-state index in [0.717, 1.165) is 0 Å². The van der Waals surface area contributed by atoms with E-state index in [2.05, 4.69) is 0 Å². The van der Waals surface area contributed by atoms with Gasteiger partial charge in [0.05, 0.1) is 0 Å². The Morgan fingerprint density at radius 2 is 1.59 bits per heavy atom. The molecule has 0 spiro atoms. The van der Waals surface area contributed by atoms with Crippen LogP contribution in [0, 0.1) is 18.6 Å². The van der Waals surface area contributed by atoms with E-state index in [1.165, 1.54) is 30.3 Å². The van der Waals surface area contributed by atoms with Gasteiger partial charge in [-0.1, -0.05) is 6.07 Å². The monoisotopic (exact) mass is 374 g/mol. The van der Waals surface area contributed by atoms with Crippen molar-refractivity contribution in [3.05, 3.63) is 65.2 Å². The number of ether oxygens (including phenoxy) is 1. The summed E-state index contributed by atoms with van der Waals surface area (Å²) >= 11 is 0. The van der Waals surface area contributed by atoms with Gasteiger partial charge in [0.15, 0.2) is 6.61 Å². The molecule has 7 heteroatoms. The number of piperazine rings is 1. The van der Waals surface area contributed by atoms with Crippen LogP contribution in [0.4, 0.5) is 8.78 Å². The van der Waals surface area contributed by atoms with Gasteiger partial charge >= 0.3 is 0 Å². The number of amides is 2. The highest BCUT2D eigenvalue weighted by atomic mass is 19.1. The highest BCUT2D eigenvalue weighted by Crippen LogP contribution is 2.14. The lowest BCUT2D eigenvalue weighted by Crippen LogP contribution is -2.51. The standard InChI is InChI=1S/C20H20F2N2O3/c1-14-2-3-15(12-18(14)22)20(26)24-10-8-23(9-11-24)19(25)13-27-17-6-4-16(21)5-7-17/h2-7,12H,8-11,13H2,1H3. The van der Waals surface area contributed by atoms with Crippen LogP contribution >= 0.6 is 0 Å². The Hall–Kier alpha value is -2.96. The van der Waals surface area contributed by atoms with E-state index in [4.69, 9.17) is 4.74 Å². The van der Waals surface area contributed by atoms with Crippen molar-refractivity contribution in [3.8, 4) is 5.75 Å². The molecule has 27 heavy (non-hydrogen) atoms. The predicted molar refractivity (Wildman–Crippen MR) is 95.5 cm³/mol. The summed E-state index contributed by atoms with van der Waals surface area (Å²) in [6.07, 6.45) is 0. The highest BCUT2D eigenvalue weighted by Gasteiger charge is 2.25. The Labute approximate surface area is 156 Å². The molecule has 0 aliphatic carbocycles. The van der Waals surface area contributed by atoms with E-state index in [1.54, 1.807) is 28.9 Å². The number of carbonyl (C=O) groups excluding carboxylic acids is 2. The van der Waals surface area contributed by atoms with Gasteiger partial charge in [0.25, 0.3) is 11.8 Å². The Bertz CT molecular complexity index is 832. The smallest absolute Gasteiger partial charge is 0.260 e. The molecule has 0 bridgehead atoms. The third-order valence-corrected chi connectivity index (χ3v) is 4.51. The summed E-state index contributed by atoms with van der Waals surface area (Å²) in [6, 6.07) is 9.87. The largest absolute Gasteiger partial charge is 0.484 e. The lowest BCUT2D eigenvalue weighted by Gasteiger charge is -2.34. The van der Waals surface area contributed by atoms with Gasteiger partial charge < -0.3 is 14.5 Å². The molecule has 3 rings (SSSR count). The van der Waals surface area contributed by atoms with E-state index >= 15 is 0 Å². The van der Waals surface area contributed by atoms with Crippen molar-refractivity contribution >= 4 is 11.8 Å². The summed E-state index contributed by atoms with van der Waals surface area (Å²) in [4.78, 5) is 27.9. The first-order valence-electron chi connectivity index (χ1n) is 8.65. The number of carbonyl (C=O) groups is 2. The fourth-order valence-electron chi connectivity index (χ4n) is 2.83.